The summed E-state index contributed by atoms with van der Waals surface area (Å²) in [6, 6.07) is 16.5. The average molecular weight is 626 g/mol. The van der Waals surface area contributed by atoms with Crippen molar-refractivity contribution in [2.24, 2.45) is 16.7 Å². The van der Waals surface area contributed by atoms with Crippen molar-refractivity contribution in [3.8, 4) is 0 Å². The van der Waals surface area contributed by atoms with Gasteiger partial charge in [-0.3, -0.25) is 14.4 Å². The fourth-order valence-electron chi connectivity index (χ4n) is 8.08. The van der Waals surface area contributed by atoms with Gasteiger partial charge >= 0.3 is 5.97 Å². The molecule has 2 N–H and O–H groups in total. The van der Waals surface area contributed by atoms with Crippen LogP contribution in [0, 0.1) is 16.7 Å². The number of carbonyl (C=O) groups is 4. The van der Waals surface area contributed by atoms with E-state index in [0.717, 1.165) is 17.5 Å². The Bertz CT molecular complexity index is 1560. The zero-order valence-electron chi connectivity index (χ0n) is 27.9. The average Bonchev–Trinajstić information content (AvgIpc) is 3.03. The third kappa shape index (κ3) is 6.02. The molecule has 0 saturated carbocycles. The van der Waals surface area contributed by atoms with Gasteiger partial charge in [0.05, 0.1) is 11.0 Å². The number of hydrogen-bond donors (Lipinski definition) is 2. The summed E-state index contributed by atoms with van der Waals surface area (Å²) in [7, 11) is 0. The third-order valence-corrected chi connectivity index (χ3v) is 10.5. The van der Waals surface area contributed by atoms with Crippen LogP contribution in [0.25, 0.3) is 5.57 Å². The van der Waals surface area contributed by atoms with Crippen LogP contribution in [-0.4, -0.2) is 70.8 Å². The van der Waals surface area contributed by atoms with Gasteiger partial charge in [-0.1, -0.05) is 94.8 Å². The van der Waals surface area contributed by atoms with E-state index < -0.39 is 17.4 Å². The number of nitrogens with zero attached hydrogens (tertiary/aromatic N) is 2. The van der Waals surface area contributed by atoms with E-state index in [9.17, 15) is 24.3 Å². The Hall–Kier alpha value is -4.20. The maximum absolute atomic E-state index is 14.8. The lowest BCUT2D eigenvalue weighted by atomic mass is 9.58. The summed E-state index contributed by atoms with van der Waals surface area (Å²) >= 11 is 0. The number of carboxylic acids is 1. The van der Waals surface area contributed by atoms with Crippen LogP contribution in [0.15, 0.2) is 72.3 Å². The maximum Gasteiger partial charge on any atom is 0.335 e. The Balaban J connectivity index is 1.39. The first-order chi connectivity index (χ1) is 21.7. The lowest BCUT2D eigenvalue weighted by Gasteiger charge is -2.52. The number of amides is 3. The highest BCUT2D eigenvalue weighted by atomic mass is 16.4. The summed E-state index contributed by atoms with van der Waals surface area (Å²) in [6.07, 6.45) is 6.29. The number of carboxylic acid groups (broad SMARTS) is 1. The zero-order chi connectivity index (χ0) is 33.4. The highest BCUT2D eigenvalue weighted by Crippen LogP contribution is 2.55. The third-order valence-electron chi connectivity index (χ3n) is 10.5. The molecule has 1 saturated heterocycles. The van der Waals surface area contributed by atoms with E-state index in [1.165, 1.54) is 18.1 Å². The molecule has 0 spiro atoms. The largest absolute Gasteiger partial charge is 0.478 e. The molecule has 244 valence electrons. The second kappa shape index (κ2) is 12.5. The number of nitrogens with one attached hydrogen (secondary N) is 1. The predicted octanol–water partition coefficient (Wildman–Crippen LogP) is 5.69. The van der Waals surface area contributed by atoms with E-state index >= 15 is 0 Å². The summed E-state index contributed by atoms with van der Waals surface area (Å²) in [5.74, 6) is -1.21. The smallest absolute Gasteiger partial charge is 0.335 e. The van der Waals surface area contributed by atoms with Crippen molar-refractivity contribution < 1.29 is 24.3 Å². The molecule has 3 aliphatic rings. The number of hydrogen-bond acceptors (Lipinski definition) is 4. The zero-order valence-corrected chi connectivity index (χ0v) is 27.9. The van der Waals surface area contributed by atoms with E-state index in [4.69, 9.17) is 0 Å². The van der Waals surface area contributed by atoms with Crippen molar-refractivity contribution in [1.29, 1.82) is 0 Å². The molecule has 8 heteroatoms. The monoisotopic (exact) mass is 625 g/mol. The van der Waals surface area contributed by atoms with E-state index in [1.807, 2.05) is 66.1 Å². The number of benzene rings is 2. The highest BCUT2D eigenvalue weighted by molar-refractivity contribution is 5.91. The molecule has 2 atom stereocenters. The lowest BCUT2D eigenvalue weighted by molar-refractivity contribution is -0.145. The van der Waals surface area contributed by atoms with E-state index in [1.54, 1.807) is 12.1 Å². The molecule has 2 aromatic rings. The molecule has 1 aliphatic carbocycles. The van der Waals surface area contributed by atoms with Crippen LogP contribution in [-0.2, 0) is 19.8 Å². The lowest BCUT2D eigenvalue weighted by Crippen LogP contribution is -2.59. The molecule has 0 bridgehead atoms. The van der Waals surface area contributed by atoms with Gasteiger partial charge in [0.25, 0.3) is 0 Å². The number of aromatic carboxylic acids is 1. The minimum Gasteiger partial charge on any atom is -0.478 e. The number of allylic oxidation sites excluding steroid dienone is 2. The van der Waals surface area contributed by atoms with Gasteiger partial charge in [-0.15, -0.1) is 0 Å². The van der Waals surface area contributed by atoms with Crippen LogP contribution >= 0.6 is 0 Å². The predicted molar refractivity (Wildman–Crippen MR) is 179 cm³/mol. The number of likely N-dealkylation sites (tertiary alicyclic amines) is 1. The Labute approximate surface area is 272 Å². The van der Waals surface area contributed by atoms with Gasteiger partial charge in [0.2, 0.25) is 17.7 Å². The summed E-state index contributed by atoms with van der Waals surface area (Å²) in [4.78, 5) is 55.3. The number of carbonyl (C=O) groups excluding carboxylic acids is 3. The molecule has 2 aliphatic heterocycles. The number of piperidine rings is 1. The normalized spacial score (nSPS) is 22.7. The first kappa shape index (κ1) is 33.2. The molecular weight excluding hydrogens is 578 g/mol. The summed E-state index contributed by atoms with van der Waals surface area (Å²) in [6.45, 7) is 13.9. The molecule has 1 unspecified atom stereocenters. The molecule has 3 amide bonds. The summed E-state index contributed by atoms with van der Waals surface area (Å²) in [5.41, 5.74) is 3.43. The van der Waals surface area contributed by atoms with Gasteiger partial charge in [-0.2, -0.15) is 0 Å². The van der Waals surface area contributed by atoms with Crippen molar-refractivity contribution in [2.75, 3.05) is 26.2 Å². The van der Waals surface area contributed by atoms with Crippen LogP contribution in [0.5, 0.6) is 0 Å². The SMILES string of the molecule is CC(=O)NC(C(=O)N1CCC(C(=O)N2CC=C3C(C)(C)C(c4ccc(C(=O)O)cc4)=CC[C@]3(C)C2)(c2ccccc2)CC1)C(C)C. The topological polar surface area (TPSA) is 107 Å². The Morgan fingerprint density at radius 2 is 1.50 bits per heavy atom. The quantitative estimate of drug-likeness (QED) is 0.385. The van der Waals surface area contributed by atoms with E-state index in [2.05, 4.69) is 38.2 Å². The standard InChI is InChI=1S/C38H47N3O5/c1-25(2)32(39-26(3)42)33(43)40-22-19-38(20-23-40,29-10-8-7-9-11-29)35(46)41-21-17-31-36(4,5)30(16-18-37(31,6)24-41)27-12-14-28(15-13-27)34(44)45/h7-17,25,32H,18-24H2,1-6H3,(H,39,42)(H,44,45)/t32?,37-/m1/s1. The van der Waals surface area contributed by atoms with Crippen molar-refractivity contribution in [3.63, 3.8) is 0 Å². The Morgan fingerprint density at radius 3 is 2.07 bits per heavy atom. The van der Waals surface area contributed by atoms with Crippen molar-refractivity contribution in [2.45, 2.75) is 72.3 Å². The minimum atomic E-state index is -0.939. The van der Waals surface area contributed by atoms with Crippen LogP contribution in [0.4, 0.5) is 0 Å². The molecule has 0 radical (unpaired) electrons. The van der Waals surface area contributed by atoms with Gasteiger partial charge in [0.1, 0.15) is 6.04 Å². The molecule has 0 aromatic heterocycles. The maximum atomic E-state index is 14.8. The second-order valence-corrected chi connectivity index (χ2v) is 14.4. The second-order valence-electron chi connectivity index (χ2n) is 14.4. The Kier molecular flexibility index (Phi) is 9.04. The molecule has 8 nitrogen and oxygen atoms in total. The molecular formula is C38H47N3O5. The van der Waals surface area contributed by atoms with E-state index in [0.29, 0.717) is 39.0 Å². The highest BCUT2D eigenvalue weighted by Gasteiger charge is 2.51. The van der Waals surface area contributed by atoms with Gasteiger partial charge in [0.15, 0.2) is 0 Å². The van der Waals surface area contributed by atoms with Gasteiger partial charge < -0.3 is 20.2 Å². The van der Waals surface area contributed by atoms with Crippen molar-refractivity contribution in [1.82, 2.24) is 15.1 Å². The van der Waals surface area contributed by atoms with Crippen LogP contribution in [0.1, 0.15) is 82.3 Å². The first-order valence-corrected chi connectivity index (χ1v) is 16.4. The molecule has 1 fully saturated rings. The number of rotatable bonds is 7. The van der Waals surface area contributed by atoms with Crippen LogP contribution in [0.2, 0.25) is 0 Å². The van der Waals surface area contributed by atoms with Gasteiger partial charge in [-0.05, 0) is 54.0 Å². The molecule has 46 heavy (non-hydrogen) atoms. The molecule has 5 rings (SSSR count). The molecule has 2 aromatic carbocycles. The fourth-order valence-corrected chi connectivity index (χ4v) is 8.08. The summed E-state index contributed by atoms with van der Waals surface area (Å²) in [5, 5.41) is 12.2. The van der Waals surface area contributed by atoms with Crippen molar-refractivity contribution in [3.05, 3.63) is 89.0 Å². The molecule has 2 heterocycles. The summed E-state index contributed by atoms with van der Waals surface area (Å²) < 4.78 is 0. The van der Waals surface area contributed by atoms with Gasteiger partial charge in [-0.25, -0.2) is 4.79 Å². The van der Waals surface area contributed by atoms with Crippen LogP contribution in [0.3, 0.4) is 0 Å². The van der Waals surface area contributed by atoms with Crippen molar-refractivity contribution >= 4 is 29.3 Å². The first-order valence-electron chi connectivity index (χ1n) is 16.4. The number of fused-ring (bicyclic) bond motifs is 1. The van der Waals surface area contributed by atoms with E-state index in [-0.39, 0.29) is 40.0 Å². The van der Waals surface area contributed by atoms with Gasteiger partial charge in [0, 0.05) is 43.9 Å². The minimum absolute atomic E-state index is 0.0488. The Morgan fingerprint density at radius 1 is 0.870 bits per heavy atom. The fraction of sp³-hybridized carbons (Fsp3) is 0.474. The van der Waals surface area contributed by atoms with Crippen LogP contribution < -0.4 is 5.32 Å².